The monoisotopic (exact) mass is 354 g/mol. The van der Waals surface area contributed by atoms with Crippen LogP contribution >= 0.6 is 31.9 Å². The maximum absolute atomic E-state index is 5.13. The molecule has 0 unspecified atom stereocenters. The predicted molar refractivity (Wildman–Crippen MR) is 77.7 cm³/mol. The quantitative estimate of drug-likeness (QED) is 0.450. The number of rotatable bonds is 8. The lowest BCUT2D eigenvalue weighted by atomic mass is 9.74. The molecule has 1 rings (SSSR count). The lowest BCUT2D eigenvalue weighted by molar-refractivity contribution is 0.171. The van der Waals surface area contributed by atoms with Gasteiger partial charge in [-0.3, -0.25) is 0 Å². The molecule has 0 aromatic carbocycles. The van der Waals surface area contributed by atoms with E-state index in [9.17, 15) is 0 Å². The molecule has 0 N–H and O–H groups in total. The Kier molecular flexibility index (Phi) is 7.58. The van der Waals surface area contributed by atoms with Crippen molar-refractivity contribution in [2.24, 2.45) is 11.3 Å². The lowest BCUT2D eigenvalue weighted by Gasteiger charge is -2.36. The molecule has 1 aliphatic rings. The van der Waals surface area contributed by atoms with Crippen molar-refractivity contribution >= 4 is 31.9 Å². The summed E-state index contributed by atoms with van der Waals surface area (Å²) in [6, 6.07) is 0. The van der Waals surface area contributed by atoms with Gasteiger partial charge in [-0.25, -0.2) is 0 Å². The Morgan fingerprint density at radius 3 is 2.25 bits per heavy atom. The van der Waals surface area contributed by atoms with Crippen LogP contribution in [0.25, 0.3) is 0 Å². The van der Waals surface area contributed by atoms with Crippen molar-refractivity contribution in [1.82, 2.24) is 0 Å². The molecule has 1 aliphatic carbocycles. The summed E-state index contributed by atoms with van der Waals surface area (Å²) in [4.78, 5) is 0. The molecule has 16 heavy (non-hydrogen) atoms. The number of alkyl halides is 2. The third kappa shape index (κ3) is 3.99. The van der Waals surface area contributed by atoms with Crippen molar-refractivity contribution < 1.29 is 4.74 Å². The van der Waals surface area contributed by atoms with Crippen molar-refractivity contribution in [2.75, 3.05) is 24.4 Å². The first-order chi connectivity index (χ1) is 7.79. The Balaban J connectivity index is 2.43. The van der Waals surface area contributed by atoms with Crippen LogP contribution in [0.15, 0.2) is 0 Å². The molecule has 0 bridgehead atoms. The van der Waals surface area contributed by atoms with Crippen LogP contribution < -0.4 is 0 Å². The fourth-order valence-electron chi connectivity index (χ4n) is 2.85. The number of ether oxygens (including phenoxy) is 1. The normalized spacial score (nSPS) is 18.2. The van der Waals surface area contributed by atoms with Crippen molar-refractivity contribution in [1.29, 1.82) is 0 Å². The van der Waals surface area contributed by atoms with Gasteiger partial charge in [-0.1, -0.05) is 51.1 Å². The van der Waals surface area contributed by atoms with Crippen LogP contribution in [0.3, 0.4) is 0 Å². The molecule has 0 aliphatic heterocycles. The molecule has 0 heterocycles. The second-order valence-electron chi connectivity index (χ2n) is 5.06. The standard InChI is InChI=1S/C13H24Br2O/c1-16-9-5-4-8-13(10-14,11-15)12-6-2-3-7-12/h12H,2-11H2,1H3. The zero-order valence-corrected chi connectivity index (χ0v) is 13.5. The molecule has 3 heteroatoms. The van der Waals surface area contributed by atoms with E-state index in [0.717, 1.165) is 23.2 Å². The van der Waals surface area contributed by atoms with Crippen molar-refractivity contribution in [3.63, 3.8) is 0 Å². The van der Waals surface area contributed by atoms with Gasteiger partial charge < -0.3 is 4.74 Å². The summed E-state index contributed by atoms with van der Waals surface area (Å²) in [5.41, 5.74) is 0.490. The molecular formula is C13H24Br2O. The molecule has 1 fully saturated rings. The SMILES string of the molecule is COCCCCC(CBr)(CBr)C1CCCC1. The molecule has 0 spiro atoms. The molecule has 0 atom stereocenters. The Bertz CT molecular complexity index is 175. The van der Waals surface area contributed by atoms with E-state index >= 15 is 0 Å². The third-order valence-electron chi connectivity index (χ3n) is 4.03. The van der Waals surface area contributed by atoms with Crippen LogP contribution in [0, 0.1) is 11.3 Å². The van der Waals surface area contributed by atoms with E-state index in [1.807, 2.05) is 0 Å². The first kappa shape index (κ1) is 15.0. The fraction of sp³-hybridized carbons (Fsp3) is 1.00. The minimum atomic E-state index is 0.490. The average Bonchev–Trinajstić information content (AvgIpc) is 2.84. The number of halogens is 2. The minimum absolute atomic E-state index is 0.490. The topological polar surface area (TPSA) is 9.23 Å². The van der Waals surface area contributed by atoms with Gasteiger partial charge in [-0.15, -0.1) is 0 Å². The fourth-order valence-corrected chi connectivity index (χ4v) is 5.26. The minimum Gasteiger partial charge on any atom is -0.385 e. The van der Waals surface area contributed by atoms with E-state index < -0.39 is 0 Å². The van der Waals surface area contributed by atoms with Crippen LogP contribution in [0.1, 0.15) is 44.9 Å². The third-order valence-corrected chi connectivity index (χ3v) is 6.26. The summed E-state index contributed by atoms with van der Waals surface area (Å²) in [7, 11) is 1.79. The molecule has 0 aromatic rings. The maximum Gasteiger partial charge on any atom is 0.0462 e. The van der Waals surface area contributed by atoms with E-state index in [1.165, 1.54) is 44.9 Å². The van der Waals surface area contributed by atoms with Gasteiger partial charge in [0, 0.05) is 24.4 Å². The molecule has 0 saturated heterocycles. The van der Waals surface area contributed by atoms with Gasteiger partial charge in [-0.05, 0) is 37.0 Å². The molecule has 96 valence electrons. The molecule has 1 saturated carbocycles. The largest absolute Gasteiger partial charge is 0.385 e. The summed E-state index contributed by atoms with van der Waals surface area (Å²) in [6.07, 6.45) is 9.56. The van der Waals surface area contributed by atoms with Gasteiger partial charge in [-0.2, -0.15) is 0 Å². The van der Waals surface area contributed by atoms with Gasteiger partial charge in [0.15, 0.2) is 0 Å². The highest BCUT2D eigenvalue weighted by molar-refractivity contribution is 9.09. The second-order valence-corrected chi connectivity index (χ2v) is 6.18. The lowest BCUT2D eigenvalue weighted by Crippen LogP contribution is -2.33. The van der Waals surface area contributed by atoms with E-state index in [1.54, 1.807) is 7.11 Å². The Morgan fingerprint density at radius 1 is 1.12 bits per heavy atom. The number of unbranched alkanes of at least 4 members (excludes halogenated alkanes) is 1. The van der Waals surface area contributed by atoms with Crippen LogP contribution in [-0.4, -0.2) is 24.4 Å². The van der Waals surface area contributed by atoms with E-state index in [2.05, 4.69) is 31.9 Å². The average molecular weight is 356 g/mol. The molecule has 0 amide bonds. The summed E-state index contributed by atoms with van der Waals surface area (Å²) >= 11 is 7.50. The van der Waals surface area contributed by atoms with Crippen LogP contribution in [0.5, 0.6) is 0 Å². The van der Waals surface area contributed by atoms with Crippen LogP contribution in [-0.2, 0) is 4.74 Å². The zero-order valence-electron chi connectivity index (χ0n) is 10.3. The second kappa shape index (κ2) is 8.10. The summed E-state index contributed by atoms with van der Waals surface area (Å²) in [5, 5.41) is 2.28. The number of hydrogen-bond donors (Lipinski definition) is 0. The zero-order chi connectivity index (χ0) is 11.9. The van der Waals surface area contributed by atoms with Crippen LogP contribution in [0.4, 0.5) is 0 Å². The number of hydrogen-bond acceptors (Lipinski definition) is 1. The van der Waals surface area contributed by atoms with Gasteiger partial charge in [0.1, 0.15) is 0 Å². The van der Waals surface area contributed by atoms with E-state index in [-0.39, 0.29) is 0 Å². The number of methoxy groups -OCH3 is 1. The van der Waals surface area contributed by atoms with E-state index in [0.29, 0.717) is 5.41 Å². The van der Waals surface area contributed by atoms with Gasteiger partial charge in [0.2, 0.25) is 0 Å². The molecule has 0 radical (unpaired) electrons. The van der Waals surface area contributed by atoms with E-state index in [4.69, 9.17) is 4.74 Å². The first-order valence-electron chi connectivity index (χ1n) is 6.40. The van der Waals surface area contributed by atoms with Gasteiger partial charge in [0.25, 0.3) is 0 Å². The summed E-state index contributed by atoms with van der Waals surface area (Å²) in [5.74, 6) is 0.925. The van der Waals surface area contributed by atoms with Crippen molar-refractivity contribution in [3.8, 4) is 0 Å². The first-order valence-corrected chi connectivity index (χ1v) is 8.64. The molecular weight excluding hydrogens is 332 g/mol. The van der Waals surface area contributed by atoms with Gasteiger partial charge in [0.05, 0.1) is 0 Å². The Hall–Kier alpha value is 0.920. The van der Waals surface area contributed by atoms with Gasteiger partial charge >= 0.3 is 0 Å². The highest BCUT2D eigenvalue weighted by Crippen LogP contribution is 2.45. The van der Waals surface area contributed by atoms with Crippen molar-refractivity contribution in [3.05, 3.63) is 0 Å². The Morgan fingerprint density at radius 2 is 1.75 bits per heavy atom. The smallest absolute Gasteiger partial charge is 0.0462 e. The predicted octanol–water partition coefficient (Wildman–Crippen LogP) is 4.77. The highest BCUT2D eigenvalue weighted by atomic mass is 79.9. The Labute approximate surface area is 117 Å². The summed E-state index contributed by atoms with van der Waals surface area (Å²) < 4.78 is 5.13. The maximum atomic E-state index is 5.13. The molecule has 1 nitrogen and oxygen atoms in total. The molecule has 0 aromatic heterocycles. The summed E-state index contributed by atoms with van der Waals surface area (Å²) in [6.45, 7) is 0.908. The highest BCUT2D eigenvalue weighted by Gasteiger charge is 2.37. The van der Waals surface area contributed by atoms with Crippen LogP contribution in [0.2, 0.25) is 0 Å². The van der Waals surface area contributed by atoms with Crippen molar-refractivity contribution in [2.45, 2.75) is 44.9 Å².